The minimum Gasteiger partial charge on any atom is -0.467 e. The Morgan fingerprint density at radius 1 is 1.18 bits per heavy atom. The third-order valence-electron chi connectivity index (χ3n) is 5.88. The molecule has 0 bridgehead atoms. The van der Waals surface area contributed by atoms with Crippen molar-refractivity contribution in [3.63, 3.8) is 0 Å². The highest BCUT2D eigenvalue weighted by atomic mass is 19.1. The van der Waals surface area contributed by atoms with Crippen molar-refractivity contribution < 1.29 is 32.0 Å². The molecule has 2 aliphatic heterocycles. The number of hydrazone groups is 1. The Kier molecular flexibility index (Phi) is 5.03. The summed E-state index contributed by atoms with van der Waals surface area (Å²) in [7, 11) is 0. The molecule has 4 heterocycles. The molecule has 0 spiro atoms. The minimum absolute atomic E-state index is 0.213. The van der Waals surface area contributed by atoms with Crippen molar-refractivity contribution in [1.82, 2.24) is 15.2 Å². The van der Waals surface area contributed by atoms with Gasteiger partial charge in [-0.05, 0) is 37.3 Å². The van der Waals surface area contributed by atoms with E-state index in [1.807, 2.05) is 0 Å². The molecule has 1 saturated heterocycles. The molecule has 1 fully saturated rings. The third kappa shape index (κ3) is 3.45. The van der Waals surface area contributed by atoms with Gasteiger partial charge in [-0.25, -0.2) is 18.6 Å². The fourth-order valence-corrected chi connectivity index (χ4v) is 4.16. The van der Waals surface area contributed by atoms with Gasteiger partial charge < -0.3 is 14.2 Å². The van der Waals surface area contributed by atoms with Crippen molar-refractivity contribution in [2.24, 2.45) is 5.10 Å². The zero-order valence-corrected chi connectivity index (χ0v) is 17.8. The fourth-order valence-electron chi connectivity index (χ4n) is 4.16. The predicted molar refractivity (Wildman–Crippen MR) is 112 cm³/mol. The maximum Gasteiger partial charge on any atom is 0.325 e. The maximum absolute atomic E-state index is 14.4. The van der Waals surface area contributed by atoms with Crippen LogP contribution in [0.5, 0.6) is 0 Å². The van der Waals surface area contributed by atoms with Crippen LogP contribution in [0.15, 0.2) is 68.9 Å². The summed E-state index contributed by atoms with van der Waals surface area (Å²) in [6.07, 6.45) is 3.24. The number of nitrogens with zero attached hydrogens (tertiary/aromatic N) is 3. The second kappa shape index (κ2) is 7.94. The van der Waals surface area contributed by atoms with Crippen molar-refractivity contribution >= 4 is 23.6 Å². The van der Waals surface area contributed by atoms with Crippen LogP contribution in [-0.4, -0.2) is 40.0 Å². The molecule has 5 rings (SSSR count). The molecule has 2 aromatic heterocycles. The predicted octanol–water partition coefficient (Wildman–Crippen LogP) is 3.30. The van der Waals surface area contributed by atoms with Gasteiger partial charge in [-0.15, -0.1) is 0 Å². The molecule has 3 aromatic rings. The van der Waals surface area contributed by atoms with Crippen LogP contribution < -0.4 is 5.32 Å². The molecule has 9 nitrogen and oxygen atoms in total. The van der Waals surface area contributed by atoms with Crippen LogP contribution in [0.3, 0.4) is 0 Å². The first kappa shape index (κ1) is 21.6. The van der Waals surface area contributed by atoms with Crippen LogP contribution >= 0.6 is 0 Å². The molecular weight excluding hydrogens is 450 g/mol. The molecular formula is C23H18F2N4O5. The first-order valence-corrected chi connectivity index (χ1v) is 10.3. The number of carbonyl (C=O) groups excluding carboxylic acids is 3. The second-order valence-electron chi connectivity index (χ2n) is 8.07. The molecule has 0 aliphatic carbocycles. The Hall–Kier alpha value is -4.28. The third-order valence-corrected chi connectivity index (χ3v) is 5.88. The van der Waals surface area contributed by atoms with E-state index in [9.17, 15) is 23.2 Å². The summed E-state index contributed by atoms with van der Waals surface area (Å²) in [6.45, 7) is 0.651. The number of benzene rings is 1. The van der Waals surface area contributed by atoms with Crippen LogP contribution in [0.2, 0.25) is 0 Å². The molecule has 4 amide bonds. The smallest absolute Gasteiger partial charge is 0.325 e. The van der Waals surface area contributed by atoms with Crippen LogP contribution in [0.25, 0.3) is 0 Å². The van der Waals surface area contributed by atoms with E-state index in [0.29, 0.717) is 34.6 Å². The van der Waals surface area contributed by atoms with Gasteiger partial charge in [0.15, 0.2) is 0 Å². The van der Waals surface area contributed by atoms with E-state index in [1.54, 1.807) is 24.3 Å². The normalized spacial score (nSPS) is 22.3. The van der Waals surface area contributed by atoms with Gasteiger partial charge in [-0.3, -0.25) is 14.5 Å². The van der Waals surface area contributed by atoms with Crippen LogP contribution in [0.4, 0.5) is 13.6 Å². The summed E-state index contributed by atoms with van der Waals surface area (Å²) < 4.78 is 38.6. The minimum atomic E-state index is -1.80. The highest BCUT2D eigenvalue weighted by Gasteiger charge is 2.51. The number of halogens is 2. The summed E-state index contributed by atoms with van der Waals surface area (Å²) in [5.41, 5.74) is -1.52. The summed E-state index contributed by atoms with van der Waals surface area (Å²) in [5, 5.41) is 7.91. The van der Waals surface area contributed by atoms with Gasteiger partial charge in [-0.1, -0.05) is 6.07 Å². The topological polar surface area (TPSA) is 108 Å². The van der Waals surface area contributed by atoms with Crippen LogP contribution in [0, 0.1) is 11.6 Å². The average Bonchev–Trinajstić information content (AvgIpc) is 3.58. The molecule has 2 atom stereocenters. The van der Waals surface area contributed by atoms with Crippen molar-refractivity contribution in [3.8, 4) is 0 Å². The maximum atomic E-state index is 14.4. The van der Waals surface area contributed by atoms with Gasteiger partial charge in [0.25, 0.3) is 11.8 Å². The summed E-state index contributed by atoms with van der Waals surface area (Å²) in [5.74, 6) is -2.38. The Bertz CT molecular complexity index is 1300. The highest BCUT2D eigenvalue weighted by molar-refractivity contribution is 6.09. The lowest BCUT2D eigenvalue weighted by Gasteiger charge is -2.24. The van der Waals surface area contributed by atoms with E-state index in [-0.39, 0.29) is 5.56 Å². The number of hydrogen-bond acceptors (Lipinski definition) is 6. The molecule has 11 heteroatoms. The molecule has 0 radical (unpaired) electrons. The van der Waals surface area contributed by atoms with Gasteiger partial charge in [0, 0.05) is 18.1 Å². The van der Waals surface area contributed by atoms with Crippen molar-refractivity contribution in [2.75, 3.05) is 6.54 Å². The molecule has 1 aromatic carbocycles. The number of amides is 4. The van der Waals surface area contributed by atoms with Gasteiger partial charge in [0.05, 0.1) is 12.5 Å². The molecule has 0 saturated carbocycles. The second-order valence-corrected chi connectivity index (χ2v) is 8.07. The van der Waals surface area contributed by atoms with Crippen molar-refractivity contribution in [1.29, 1.82) is 0 Å². The van der Waals surface area contributed by atoms with Crippen molar-refractivity contribution in [3.05, 3.63) is 83.7 Å². The van der Waals surface area contributed by atoms with Gasteiger partial charge in [-0.2, -0.15) is 5.10 Å². The molecule has 1 N–H and O–H groups in total. The number of nitrogens with one attached hydrogen (secondary N) is 1. The van der Waals surface area contributed by atoms with Crippen molar-refractivity contribution in [2.45, 2.75) is 24.9 Å². The Labute approximate surface area is 191 Å². The standard InChI is InChI=1S/C23H18F2N4O5/c1-23(14-7-6-13(24)10-15(14)25)21(31)28(22(32)26-23)12-20(30)29-17(19-5-3-9-34-19)11-16(27-29)18-4-2-8-33-18/h2-10,17H,11-12H2,1H3,(H,26,32). The Morgan fingerprint density at radius 2 is 1.94 bits per heavy atom. The first-order chi connectivity index (χ1) is 16.3. The number of urea groups is 1. The van der Waals surface area contributed by atoms with E-state index in [2.05, 4.69) is 10.4 Å². The largest absolute Gasteiger partial charge is 0.467 e. The molecule has 2 aliphatic rings. The number of carbonyl (C=O) groups is 3. The summed E-state index contributed by atoms with van der Waals surface area (Å²) >= 11 is 0. The molecule has 2 unspecified atom stereocenters. The van der Waals surface area contributed by atoms with Gasteiger partial charge in [0.1, 0.15) is 47.0 Å². The average molecular weight is 468 g/mol. The van der Waals surface area contributed by atoms with Gasteiger partial charge >= 0.3 is 6.03 Å². The zero-order valence-electron chi connectivity index (χ0n) is 17.8. The Morgan fingerprint density at radius 3 is 2.62 bits per heavy atom. The van der Waals surface area contributed by atoms with Crippen LogP contribution in [0.1, 0.15) is 36.5 Å². The number of imide groups is 1. The zero-order chi connectivity index (χ0) is 24.0. The highest BCUT2D eigenvalue weighted by Crippen LogP contribution is 2.35. The quantitative estimate of drug-likeness (QED) is 0.578. The van der Waals surface area contributed by atoms with E-state index >= 15 is 0 Å². The monoisotopic (exact) mass is 468 g/mol. The number of rotatable bonds is 5. The summed E-state index contributed by atoms with van der Waals surface area (Å²) in [6, 6.07) is 7.95. The lowest BCUT2D eigenvalue weighted by molar-refractivity contribution is -0.140. The molecule has 174 valence electrons. The lowest BCUT2D eigenvalue weighted by atomic mass is 9.91. The van der Waals surface area contributed by atoms with E-state index < -0.39 is 47.6 Å². The fraction of sp³-hybridized carbons (Fsp3) is 0.217. The van der Waals surface area contributed by atoms with E-state index in [0.717, 1.165) is 17.1 Å². The van der Waals surface area contributed by atoms with Crippen LogP contribution in [-0.2, 0) is 15.1 Å². The molecule has 34 heavy (non-hydrogen) atoms. The number of furan rings is 2. The first-order valence-electron chi connectivity index (χ1n) is 10.3. The van der Waals surface area contributed by atoms with E-state index in [4.69, 9.17) is 8.83 Å². The SMILES string of the molecule is CC1(c2ccc(F)cc2F)NC(=O)N(CC(=O)N2N=C(c3ccco3)CC2c2ccco2)C1=O. The van der Waals surface area contributed by atoms with Gasteiger partial charge in [0.2, 0.25) is 0 Å². The summed E-state index contributed by atoms with van der Waals surface area (Å²) in [4.78, 5) is 39.7. The Balaban J connectivity index is 1.41. The lowest BCUT2D eigenvalue weighted by Crippen LogP contribution is -2.44. The van der Waals surface area contributed by atoms with E-state index in [1.165, 1.54) is 19.5 Å². The number of hydrogen-bond donors (Lipinski definition) is 1.